The van der Waals surface area contributed by atoms with Crippen LogP contribution in [-0.2, 0) is 35.1 Å². The number of carbonyl (C=O) groups excluding carboxylic acids is 1. The number of aromatic nitrogens is 2. The Morgan fingerprint density at radius 3 is 1.89 bits per heavy atom. The quantitative estimate of drug-likeness (QED) is 0.0440. The Bertz CT molecular complexity index is 2110. The SMILES string of the molecule is CSc1nn(-c2c(Cl)cc(S(=O)(=O)[O-])cc2Cl)c(N=Nc2ccc(N(CCCCS(=O)(=O)[O-])CCCCS(=O)(=O)[O-])cc2NC(C)=O)c1C#N.[K+].[K+].[K+]. The van der Waals surface area contributed by atoms with Crippen LogP contribution in [0.4, 0.5) is 22.9 Å². The van der Waals surface area contributed by atoms with Gasteiger partial charge in [-0.2, -0.15) is 10.4 Å². The predicted molar refractivity (Wildman–Crippen MR) is 183 cm³/mol. The second-order valence-corrected chi connectivity index (χ2v) is 16.5. The Morgan fingerprint density at radius 1 is 0.925 bits per heavy atom. The van der Waals surface area contributed by atoms with Crippen LogP contribution in [0.3, 0.4) is 0 Å². The van der Waals surface area contributed by atoms with Crippen molar-refractivity contribution in [3.63, 3.8) is 0 Å². The molecule has 17 nitrogen and oxygen atoms in total. The van der Waals surface area contributed by atoms with E-state index in [4.69, 9.17) is 23.2 Å². The largest absolute Gasteiger partial charge is 1.00 e. The zero-order valence-corrected chi connectivity index (χ0v) is 43.3. The maximum absolute atomic E-state index is 12.2. The Labute approximate surface area is 449 Å². The Morgan fingerprint density at radius 2 is 1.45 bits per heavy atom. The van der Waals surface area contributed by atoms with Gasteiger partial charge in [-0.15, -0.1) is 22.0 Å². The van der Waals surface area contributed by atoms with Crippen LogP contribution in [0, 0.1) is 11.3 Å². The molecular weight excluding hydrogens is 899 g/mol. The fourth-order valence-corrected chi connectivity index (χ4v) is 7.42. The molecule has 26 heteroatoms. The number of nitrogens with one attached hydrogen (secondary N) is 1. The molecule has 0 radical (unpaired) electrons. The van der Waals surface area contributed by atoms with E-state index in [1.165, 1.54) is 19.1 Å². The van der Waals surface area contributed by atoms with E-state index in [2.05, 4.69) is 20.6 Å². The summed E-state index contributed by atoms with van der Waals surface area (Å²) >= 11 is 13.7. The molecule has 0 aliphatic rings. The molecule has 0 atom stereocenters. The number of nitrogens with zero attached hydrogens (tertiary/aromatic N) is 6. The number of benzene rings is 2. The molecule has 0 aliphatic heterocycles. The summed E-state index contributed by atoms with van der Waals surface area (Å²) < 4.78 is 102. The molecule has 53 heavy (non-hydrogen) atoms. The Balaban J connectivity index is 0.00000901. The molecule has 272 valence electrons. The summed E-state index contributed by atoms with van der Waals surface area (Å²) in [6.07, 6.45) is 2.27. The van der Waals surface area contributed by atoms with Gasteiger partial charge in [-0.25, -0.2) is 29.9 Å². The van der Waals surface area contributed by atoms with Gasteiger partial charge in [0.15, 0.2) is 5.82 Å². The van der Waals surface area contributed by atoms with Crippen LogP contribution < -0.4 is 164 Å². The van der Waals surface area contributed by atoms with Crippen LogP contribution in [0.1, 0.15) is 38.2 Å². The van der Waals surface area contributed by atoms with Crippen molar-refractivity contribution in [2.24, 2.45) is 10.2 Å². The molecule has 2 aromatic carbocycles. The molecule has 0 bridgehead atoms. The first kappa shape index (κ1) is 54.6. The minimum absolute atomic E-state index is 0. The van der Waals surface area contributed by atoms with Gasteiger partial charge in [-0.1, -0.05) is 23.2 Å². The molecule has 1 amide bonds. The van der Waals surface area contributed by atoms with Crippen molar-refractivity contribution in [1.29, 1.82) is 5.26 Å². The molecule has 0 saturated heterocycles. The van der Waals surface area contributed by atoms with Gasteiger partial charge < -0.3 is 23.9 Å². The molecule has 0 spiro atoms. The van der Waals surface area contributed by atoms with Gasteiger partial charge in [0.2, 0.25) is 5.91 Å². The van der Waals surface area contributed by atoms with Crippen LogP contribution >= 0.6 is 35.0 Å². The maximum Gasteiger partial charge on any atom is 1.00 e. The van der Waals surface area contributed by atoms with Gasteiger partial charge in [0.1, 0.15) is 38.2 Å². The number of halogens is 2. The Hall–Kier alpha value is 1.58. The molecule has 0 saturated carbocycles. The van der Waals surface area contributed by atoms with E-state index < -0.39 is 52.7 Å². The van der Waals surface area contributed by atoms with Crippen molar-refractivity contribution in [3.05, 3.63) is 45.9 Å². The zero-order valence-electron chi connectivity index (χ0n) is 29.2. The summed E-state index contributed by atoms with van der Waals surface area (Å²) in [7, 11) is -13.8. The average molecular weight is 927 g/mol. The van der Waals surface area contributed by atoms with Crippen molar-refractivity contribution in [2.75, 3.05) is 41.1 Å². The number of azo groups is 1. The summed E-state index contributed by atoms with van der Waals surface area (Å²) in [5, 5.41) is 24.9. The fraction of sp³-hybridized carbons (Fsp3) is 0.370. The normalized spacial score (nSPS) is 11.6. The van der Waals surface area contributed by atoms with Crippen LogP contribution in [0.2, 0.25) is 10.0 Å². The molecular formula is C27H28Cl2K3N7O10S4. The third-order valence-corrected chi connectivity index (χ3v) is 10.3. The van der Waals surface area contributed by atoms with E-state index >= 15 is 0 Å². The molecule has 1 heterocycles. The number of rotatable bonds is 17. The van der Waals surface area contributed by atoms with E-state index in [1.807, 2.05) is 6.07 Å². The summed E-state index contributed by atoms with van der Waals surface area (Å²) in [6.45, 7) is 1.70. The number of carbonyl (C=O) groups is 1. The smallest absolute Gasteiger partial charge is 0.748 e. The van der Waals surface area contributed by atoms with Gasteiger partial charge in [-0.05, 0) is 62.3 Å². The van der Waals surface area contributed by atoms with Crippen LogP contribution in [-0.4, -0.2) is 85.5 Å². The molecule has 0 unspecified atom stereocenters. The number of hydrogen-bond donors (Lipinski definition) is 1. The minimum atomic E-state index is -4.92. The first-order valence-corrected chi connectivity index (χ1v) is 20.8. The van der Waals surface area contributed by atoms with Gasteiger partial charge in [0.05, 0.1) is 40.9 Å². The molecule has 3 aromatic rings. The minimum Gasteiger partial charge on any atom is -0.748 e. The second-order valence-electron chi connectivity index (χ2n) is 10.4. The number of thioether (sulfide) groups is 1. The molecule has 1 aromatic heterocycles. The molecule has 1 N–H and O–H groups in total. The summed E-state index contributed by atoms with van der Waals surface area (Å²) in [6, 6.07) is 8.29. The van der Waals surface area contributed by atoms with Crippen molar-refractivity contribution in [1.82, 2.24) is 9.78 Å². The third-order valence-electron chi connectivity index (χ3n) is 6.68. The monoisotopic (exact) mass is 925 g/mol. The van der Waals surface area contributed by atoms with Crippen molar-refractivity contribution in [2.45, 2.75) is 42.5 Å². The van der Waals surface area contributed by atoms with Crippen molar-refractivity contribution < 1.29 is 198 Å². The number of hydrogen-bond acceptors (Lipinski definition) is 16. The number of amides is 1. The van der Waals surface area contributed by atoms with Gasteiger partial charge in [0.25, 0.3) is 0 Å². The predicted octanol–water partition coefficient (Wildman–Crippen LogP) is -4.48. The van der Waals surface area contributed by atoms with Gasteiger partial charge in [-0.3, -0.25) is 4.79 Å². The standard InChI is InChI=1S/C27H31Cl2N7O10S4.3K/c1-17(37)31-24-13-18(35(9-3-5-11-48(38,39)40)10-4-6-12-49(41,42)43)7-8-23(24)32-33-26-20(16-30)27(47-2)34-36(26)25-21(28)14-19(15-22(25)29)50(44,45)46;;;/h7-8,13-15H,3-6,9-12H2,1-2H3,(H,31,37)(H,38,39,40)(H,41,42,43)(H,44,45,46);;;/q;3*+1/p-3. The van der Waals surface area contributed by atoms with Crippen molar-refractivity contribution >= 4 is 94.1 Å². The van der Waals surface area contributed by atoms with Gasteiger partial charge >= 0.3 is 154 Å². The number of nitriles is 1. The van der Waals surface area contributed by atoms with E-state index in [9.17, 15) is 49.0 Å². The summed E-state index contributed by atoms with van der Waals surface area (Å²) in [5.41, 5.74) is 0.559. The first-order valence-electron chi connectivity index (χ1n) is 14.2. The van der Waals surface area contributed by atoms with Crippen LogP contribution in [0.5, 0.6) is 0 Å². The summed E-state index contributed by atoms with van der Waals surface area (Å²) in [5.74, 6) is -1.84. The third kappa shape index (κ3) is 17.8. The Kier molecular flexibility index (Phi) is 25.3. The van der Waals surface area contributed by atoms with E-state index in [-0.39, 0.29) is 236 Å². The van der Waals surface area contributed by atoms with Crippen LogP contribution in [0.15, 0.2) is 50.5 Å². The fourth-order valence-electron chi connectivity index (χ4n) is 4.50. The summed E-state index contributed by atoms with van der Waals surface area (Å²) in [4.78, 5) is 13.2. The molecule has 3 rings (SSSR count). The van der Waals surface area contributed by atoms with E-state index in [0.717, 1.165) is 28.6 Å². The average Bonchev–Trinajstić information content (AvgIpc) is 3.34. The topological polar surface area (TPSA) is 270 Å². The zero-order chi connectivity index (χ0) is 37.4. The number of unbranched alkanes of at least 4 members (excludes halogenated alkanes) is 2. The van der Waals surface area contributed by atoms with E-state index in [0.29, 0.717) is 5.69 Å². The second kappa shape index (κ2) is 24.6. The van der Waals surface area contributed by atoms with Gasteiger partial charge in [0, 0.05) is 37.2 Å². The first-order chi connectivity index (χ1) is 23.2. The van der Waals surface area contributed by atoms with E-state index in [1.54, 1.807) is 17.2 Å². The number of anilines is 2. The molecule has 0 aliphatic carbocycles. The maximum atomic E-state index is 12.2. The van der Waals surface area contributed by atoms with Crippen molar-refractivity contribution in [3.8, 4) is 11.8 Å². The van der Waals surface area contributed by atoms with Crippen LogP contribution in [0.25, 0.3) is 5.69 Å². The molecule has 0 fully saturated rings.